The molecule has 0 aliphatic carbocycles. The smallest absolute Gasteiger partial charge is 0.0544 e. The first-order valence-electron chi connectivity index (χ1n) is 8.71. The molecule has 0 spiro atoms. The maximum absolute atomic E-state index is 4.52. The van der Waals surface area contributed by atoms with E-state index in [2.05, 4.69) is 45.6 Å². The molecule has 3 rings (SSSR count). The van der Waals surface area contributed by atoms with Gasteiger partial charge < -0.3 is 5.32 Å². The molecule has 2 aromatic rings. The van der Waals surface area contributed by atoms with Crippen LogP contribution in [0.2, 0.25) is 0 Å². The molecule has 5 heteroatoms. The lowest BCUT2D eigenvalue weighted by molar-refractivity contribution is 0.162. The third-order valence-electron chi connectivity index (χ3n) is 4.55. The Morgan fingerprint density at radius 1 is 1.26 bits per heavy atom. The Kier molecular flexibility index (Phi) is 5.77. The van der Waals surface area contributed by atoms with E-state index in [1.165, 1.54) is 24.8 Å². The molecule has 1 aliphatic rings. The molecular weight excluding hydrogens is 286 g/mol. The Labute approximate surface area is 138 Å². The van der Waals surface area contributed by atoms with Gasteiger partial charge in [0.2, 0.25) is 0 Å². The van der Waals surface area contributed by atoms with Gasteiger partial charge in [-0.3, -0.25) is 14.6 Å². The van der Waals surface area contributed by atoms with E-state index >= 15 is 0 Å². The highest BCUT2D eigenvalue weighted by molar-refractivity contribution is 5.07. The molecule has 0 amide bonds. The van der Waals surface area contributed by atoms with E-state index in [1.54, 1.807) is 0 Å². The SMILES string of the molecule is CCn1cc(CN(Cc2ccccn2)C2CCCNCC2)cn1. The summed E-state index contributed by atoms with van der Waals surface area (Å²) in [6.07, 6.45) is 9.76. The van der Waals surface area contributed by atoms with Gasteiger partial charge in [-0.2, -0.15) is 5.10 Å². The number of nitrogens with one attached hydrogen (secondary N) is 1. The number of hydrogen-bond donors (Lipinski definition) is 1. The Morgan fingerprint density at radius 2 is 2.22 bits per heavy atom. The summed E-state index contributed by atoms with van der Waals surface area (Å²) in [5, 5.41) is 7.93. The van der Waals surface area contributed by atoms with Crippen LogP contribution in [0.4, 0.5) is 0 Å². The minimum Gasteiger partial charge on any atom is -0.317 e. The fourth-order valence-corrected chi connectivity index (χ4v) is 3.28. The van der Waals surface area contributed by atoms with Crippen LogP contribution in [0.25, 0.3) is 0 Å². The monoisotopic (exact) mass is 313 g/mol. The van der Waals surface area contributed by atoms with Crippen LogP contribution in [-0.4, -0.2) is 38.8 Å². The minimum atomic E-state index is 0.608. The average Bonchev–Trinajstić information content (AvgIpc) is 2.87. The Hall–Kier alpha value is -1.72. The van der Waals surface area contributed by atoms with Crippen molar-refractivity contribution in [1.29, 1.82) is 0 Å². The third kappa shape index (κ3) is 4.62. The highest BCUT2D eigenvalue weighted by atomic mass is 15.3. The van der Waals surface area contributed by atoms with E-state index in [0.29, 0.717) is 6.04 Å². The first-order chi connectivity index (χ1) is 11.3. The number of aryl methyl sites for hydroxylation is 1. The Balaban J connectivity index is 1.74. The van der Waals surface area contributed by atoms with E-state index in [1.807, 2.05) is 23.1 Å². The van der Waals surface area contributed by atoms with Gasteiger partial charge in [-0.15, -0.1) is 0 Å². The molecule has 5 nitrogen and oxygen atoms in total. The van der Waals surface area contributed by atoms with Crippen LogP contribution in [0.3, 0.4) is 0 Å². The summed E-state index contributed by atoms with van der Waals surface area (Å²) >= 11 is 0. The van der Waals surface area contributed by atoms with E-state index in [9.17, 15) is 0 Å². The van der Waals surface area contributed by atoms with Crippen LogP contribution in [0.5, 0.6) is 0 Å². The normalized spacial score (nSPS) is 19.0. The Bertz CT molecular complexity index is 572. The van der Waals surface area contributed by atoms with Crippen molar-refractivity contribution in [3.8, 4) is 0 Å². The number of hydrogen-bond acceptors (Lipinski definition) is 4. The lowest BCUT2D eigenvalue weighted by Crippen LogP contribution is -2.35. The van der Waals surface area contributed by atoms with Gasteiger partial charge >= 0.3 is 0 Å². The van der Waals surface area contributed by atoms with Gasteiger partial charge in [-0.25, -0.2) is 0 Å². The molecule has 0 aromatic carbocycles. The molecule has 1 saturated heterocycles. The molecule has 1 unspecified atom stereocenters. The zero-order valence-electron chi connectivity index (χ0n) is 14.0. The largest absolute Gasteiger partial charge is 0.317 e. The molecule has 0 saturated carbocycles. The lowest BCUT2D eigenvalue weighted by Gasteiger charge is -2.30. The van der Waals surface area contributed by atoms with Gasteiger partial charge in [-0.1, -0.05) is 6.07 Å². The van der Waals surface area contributed by atoms with Crippen molar-refractivity contribution in [1.82, 2.24) is 25.0 Å². The van der Waals surface area contributed by atoms with E-state index < -0.39 is 0 Å². The summed E-state index contributed by atoms with van der Waals surface area (Å²) in [7, 11) is 0. The lowest BCUT2D eigenvalue weighted by atomic mass is 10.1. The third-order valence-corrected chi connectivity index (χ3v) is 4.55. The first kappa shape index (κ1) is 16.1. The average molecular weight is 313 g/mol. The number of aromatic nitrogens is 3. The summed E-state index contributed by atoms with van der Waals surface area (Å²) in [6, 6.07) is 6.79. The summed E-state index contributed by atoms with van der Waals surface area (Å²) in [6.45, 7) is 7.15. The molecule has 1 fully saturated rings. The highest BCUT2D eigenvalue weighted by Gasteiger charge is 2.21. The van der Waals surface area contributed by atoms with Crippen LogP contribution >= 0.6 is 0 Å². The summed E-state index contributed by atoms with van der Waals surface area (Å²) in [4.78, 5) is 7.10. The fraction of sp³-hybridized carbons (Fsp3) is 0.556. The standard InChI is InChI=1S/C18H27N5/c1-2-23-14-16(12-21-23)13-22(15-17-6-3-4-10-20-17)18-7-5-9-19-11-8-18/h3-4,6,10,12,14,18-19H,2,5,7-9,11,13,15H2,1H3. The van der Waals surface area contributed by atoms with Crippen molar-refractivity contribution in [3.63, 3.8) is 0 Å². The van der Waals surface area contributed by atoms with Crippen LogP contribution in [-0.2, 0) is 19.6 Å². The first-order valence-corrected chi connectivity index (χ1v) is 8.71. The van der Waals surface area contributed by atoms with Crippen molar-refractivity contribution in [2.24, 2.45) is 0 Å². The predicted molar refractivity (Wildman–Crippen MR) is 91.9 cm³/mol. The van der Waals surface area contributed by atoms with E-state index in [4.69, 9.17) is 0 Å². The molecule has 23 heavy (non-hydrogen) atoms. The minimum absolute atomic E-state index is 0.608. The molecular formula is C18H27N5. The molecule has 0 radical (unpaired) electrons. The van der Waals surface area contributed by atoms with Crippen molar-refractivity contribution in [2.45, 2.75) is 51.9 Å². The Morgan fingerprint density at radius 3 is 3.00 bits per heavy atom. The molecule has 1 N–H and O–H groups in total. The zero-order chi connectivity index (χ0) is 15.9. The predicted octanol–water partition coefficient (Wildman–Crippen LogP) is 2.44. The second kappa shape index (κ2) is 8.22. The zero-order valence-corrected chi connectivity index (χ0v) is 14.0. The maximum atomic E-state index is 4.52. The summed E-state index contributed by atoms with van der Waals surface area (Å²) in [5.41, 5.74) is 2.44. The van der Waals surface area contributed by atoms with Crippen LogP contribution < -0.4 is 5.32 Å². The van der Waals surface area contributed by atoms with Crippen molar-refractivity contribution in [2.75, 3.05) is 13.1 Å². The van der Waals surface area contributed by atoms with Crippen LogP contribution in [0, 0.1) is 0 Å². The number of rotatable bonds is 6. The van der Waals surface area contributed by atoms with Crippen molar-refractivity contribution >= 4 is 0 Å². The van der Waals surface area contributed by atoms with Crippen molar-refractivity contribution in [3.05, 3.63) is 48.0 Å². The highest BCUT2D eigenvalue weighted by Crippen LogP contribution is 2.19. The fourth-order valence-electron chi connectivity index (χ4n) is 3.28. The van der Waals surface area contributed by atoms with E-state index in [-0.39, 0.29) is 0 Å². The molecule has 3 heterocycles. The molecule has 1 atom stereocenters. The summed E-state index contributed by atoms with van der Waals surface area (Å²) in [5.74, 6) is 0. The number of nitrogens with zero attached hydrogens (tertiary/aromatic N) is 4. The number of pyridine rings is 1. The van der Waals surface area contributed by atoms with Gasteiger partial charge in [0.25, 0.3) is 0 Å². The quantitative estimate of drug-likeness (QED) is 0.890. The molecule has 124 valence electrons. The van der Waals surface area contributed by atoms with Gasteiger partial charge in [0.1, 0.15) is 0 Å². The van der Waals surface area contributed by atoms with Crippen molar-refractivity contribution < 1.29 is 0 Å². The molecule has 2 aromatic heterocycles. The second-order valence-electron chi connectivity index (χ2n) is 6.27. The van der Waals surface area contributed by atoms with Gasteiger partial charge in [-0.05, 0) is 51.4 Å². The van der Waals surface area contributed by atoms with Gasteiger partial charge in [0.05, 0.1) is 11.9 Å². The molecule has 0 bridgehead atoms. The second-order valence-corrected chi connectivity index (χ2v) is 6.27. The maximum Gasteiger partial charge on any atom is 0.0544 e. The van der Waals surface area contributed by atoms with Gasteiger partial charge in [0.15, 0.2) is 0 Å². The van der Waals surface area contributed by atoms with Crippen LogP contribution in [0.1, 0.15) is 37.4 Å². The van der Waals surface area contributed by atoms with Crippen LogP contribution in [0.15, 0.2) is 36.8 Å². The summed E-state index contributed by atoms with van der Waals surface area (Å²) < 4.78 is 2.00. The molecule has 1 aliphatic heterocycles. The topological polar surface area (TPSA) is 46.0 Å². The van der Waals surface area contributed by atoms with E-state index in [0.717, 1.165) is 38.4 Å². The van der Waals surface area contributed by atoms with Gasteiger partial charge in [0, 0.05) is 43.6 Å².